The van der Waals surface area contributed by atoms with Crippen molar-refractivity contribution >= 4 is 0 Å². The van der Waals surface area contributed by atoms with Gasteiger partial charge in [-0.15, -0.1) is 5.10 Å². The fourth-order valence-electron chi connectivity index (χ4n) is 2.73. The summed E-state index contributed by atoms with van der Waals surface area (Å²) in [5.74, 6) is 2.58. The Morgan fingerprint density at radius 2 is 2.18 bits per heavy atom. The summed E-state index contributed by atoms with van der Waals surface area (Å²) in [6.07, 6.45) is 6.67. The van der Waals surface area contributed by atoms with Gasteiger partial charge >= 0.3 is 0 Å². The Hall–Kier alpha value is -0.970. The first-order valence-electron chi connectivity index (χ1n) is 6.81. The van der Waals surface area contributed by atoms with Crippen molar-refractivity contribution in [3.8, 4) is 0 Å². The predicted molar refractivity (Wildman–Crippen MR) is 64.2 cm³/mol. The van der Waals surface area contributed by atoms with Crippen molar-refractivity contribution in [2.24, 2.45) is 11.8 Å². The molecule has 1 heterocycles. The molecular weight excluding hydrogens is 214 g/mol. The van der Waals surface area contributed by atoms with Gasteiger partial charge in [0.05, 0.1) is 6.54 Å². The topological polar surface area (TPSA) is 55.6 Å². The molecule has 3 rings (SSSR count). The maximum Gasteiger partial charge on any atom is 0.165 e. The molecule has 2 atom stereocenters. The van der Waals surface area contributed by atoms with Gasteiger partial charge in [0.1, 0.15) is 0 Å². The summed E-state index contributed by atoms with van der Waals surface area (Å²) in [4.78, 5) is 0. The highest BCUT2D eigenvalue weighted by Gasteiger charge is 2.25. The Labute approximate surface area is 102 Å². The quantitative estimate of drug-likeness (QED) is 0.837. The monoisotopic (exact) mass is 235 g/mol. The number of nitrogens with one attached hydrogen (secondary N) is 1. The van der Waals surface area contributed by atoms with E-state index < -0.39 is 0 Å². The molecule has 1 aromatic rings. The van der Waals surface area contributed by atoms with Gasteiger partial charge in [-0.2, -0.15) is 0 Å². The summed E-state index contributed by atoms with van der Waals surface area (Å²) in [5, 5.41) is 15.5. The predicted octanol–water partition coefficient (Wildman–Crippen LogP) is 1.36. The van der Waals surface area contributed by atoms with Gasteiger partial charge in [-0.3, -0.25) is 0 Å². The average Bonchev–Trinajstić information content (AvgIpc) is 2.92. The minimum atomic E-state index is 0.713. The van der Waals surface area contributed by atoms with Gasteiger partial charge in [-0.1, -0.05) is 19.8 Å². The summed E-state index contributed by atoms with van der Waals surface area (Å²) in [6.45, 7) is 4.17. The van der Waals surface area contributed by atoms with Crippen LogP contribution in [0.3, 0.4) is 0 Å². The maximum atomic E-state index is 4.13. The second kappa shape index (κ2) is 4.72. The minimum Gasteiger partial charge on any atom is -0.307 e. The summed E-state index contributed by atoms with van der Waals surface area (Å²) in [7, 11) is 0. The molecule has 0 spiro atoms. The summed E-state index contributed by atoms with van der Waals surface area (Å²) < 4.78 is 2.00. The third-order valence-corrected chi connectivity index (χ3v) is 4.18. The highest BCUT2D eigenvalue weighted by molar-refractivity contribution is 4.87. The lowest BCUT2D eigenvalue weighted by molar-refractivity contribution is 0.336. The molecule has 1 N–H and O–H groups in total. The molecule has 0 saturated heterocycles. The van der Waals surface area contributed by atoms with E-state index in [1.54, 1.807) is 0 Å². The van der Waals surface area contributed by atoms with Crippen molar-refractivity contribution in [1.29, 1.82) is 0 Å². The molecule has 2 aliphatic carbocycles. The zero-order valence-corrected chi connectivity index (χ0v) is 10.5. The molecule has 17 heavy (non-hydrogen) atoms. The van der Waals surface area contributed by atoms with E-state index in [9.17, 15) is 0 Å². The first-order chi connectivity index (χ1) is 8.33. The van der Waals surface area contributed by atoms with Crippen molar-refractivity contribution in [2.75, 3.05) is 0 Å². The van der Waals surface area contributed by atoms with Crippen LogP contribution < -0.4 is 5.32 Å². The molecular formula is C12H21N5. The van der Waals surface area contributed by atoms with Gasteiger partial charge in [0, 0.05) is 12.6 Å². The van der Waals surface area contributed by atoms with E-state index >= 15 is 0 Å². The number of rotatable bonds is 5. The van der Waals surface area contributed by atoms with Crippen LogP contribution >= 0.6 is 0 Å². The van der Waals surface area contributed by atoms with Crippen molar-refractivity contribution in [3.05, 3.63) is 5.82 Å². The number of nitrogens with zero attached hydrogens (tertiary/aromatic N) is 4. The van der Waals surface area contributed by atoms with Crippen LogP contribution in [0.5, 0.6) is 0 Å². The zero-order valence-electron chi connectivity index (χ0n) is 10.5. The lowest BCUT2D eigenvalue weighted by Gasteiger charge is -2.15. The Balaban J connectivity index is 1.59. The molecule has 5 heteroatoms. The van der Waals surface area contributed by atoms with Crippen LogP contribution in [0.4, 0.5) is 0 Å². The average molecular weight is 235 g/mol. The van der Waals surface area contributed by atoms with E-state index in [1.807, 2.05) is 4.68 Å². The van der Waals surface area contributed by atoms with Crippen molar-refractivity contribution in [1.82, 2.24) is 25.5 Å². The Morgan fingerprint density at radius 3 is 2.88 bits per heavy atom. The number of hydrogen-bond acceptors (Lipinski definition) is 4. The highest BCUT2D eigenvalue weighted by Crippen LogP contribution is 2.32. The molecule has 2 unspecified atom stereocenters. The summed E-state index contributed by atoms with van der Waals surface area (Å²) in [6, 6.07) is 0.713. The van der Waals surface area contributed by atoms with Gasteiger partial charge < -0.3 is 5.32 Å². The normalized spacial score (nSPS) is 28.8. The van der Waals surface area contributed by atoms with E-state index in [4.69, 9.17) is 0 Å². The highest BCUT2D eigenvalue weighted by atomic mass is 15.5. The van der Waals surface area contributed by atoms with Crippen LogP contribution in [0.1, 0.15) is 44.9 Å². The van der Waals surface area contributed by atoms with Crippen LogP contribution in [-0.4, -0.2) is 26.2 Å². The SMILES string of the molecule is CC1CCCC1Cn1nnnc1CNC1CC1. The number of tetrazole rings is 1. The smallest absolute Gasteiger partial charge is 0.165 e. The third kappa shape index (κ3) is 2.65. The first-order valence-corrected chi connectivity index (χ1v) is 6.81. The largest absolute Gasteiger partial charge is 0.307 e. The maximum absolute atomic E-state index is 4.13. The molecule has 0 aliphatic heterocycles. The molecule has 1 aromatic heterocycles. The van der Waals surface area contributed by atoms with E-state index in [0.29, 0.717) is 6.04 Å². The Bertz CT molecular complexity index is 371. The van der Waals surface area contributed by atoms with Gasteiger partial charge in [0.25, 0.3) is 0 Å². The van der Waals surface area contributed by atoms with Crippen molar-refractivity contribution in [2.45, 2.75) is 58.2 Å². The molecule has 0 bridgehead atoms. The molecule has 0 amide bonds. The van der Waals surface area contributed by atoms with E-state index in [0.717, 1.165) is 30.7 Å². The fourth-order valence-corrected chi connectivity index (χ4v) is 2.73. The zero-order chi connectivity index (χ0) is 11.7. The Kier molecular flexibility index (Phi) is 3.09. The lowest BCUT2D eigenvalue weighted by atomic mass is 9.98. The fraction of sp³-hybridized carbons (Fsp3) is 0.917. The number of hydrogen-bond donors (Lipinski definition) is 1. The van der Waals surface area contributed by atoms with Crippen molar-refractivity contribution < 1.29 is 0 Å². The minimum absolute atomic E-state index is 0.713. The second-order valence-corrected chi connectivity index (χ2v) is 5.60. The number of aromatic nitrogens is 4. The van der Waals surface area contributed by atoms with Gasteiger partial charge in [0.15, 0.2) is 5.82 Å². The van der Waals surface area contributed by atoms with Crippen LogP contribution in [0, 0.1) is 11.8 Å². The van der Waals surface area contributed by atoms with Crippen LogP contribution in [0.15, 0.2) is 0 Å². The third-order valence-electron chi connectivity index (χ3n) is 4.18. The molecule has 0 aromatic carbocycles. The molecule has 2 aliphatic rings. The molecule has 94 valence electrons. The standard InChI is InChI=1S/C12H21N5/c1-9-3-2-4-10(9)8-17-12(14-15-16-17)7-13-11-5-6-11/h9-11,13H,2-8H2,1H3. The van der Waals surface area contributed by atoms with E-state index in [-0.39, 0.29) is 0 Å². The van der Waals surface area contributed by atoms with Crippen LogP contribution in [-0.2, 0) is 13.1 Å². The van der Waals surface area contributed by atoms with E-state index in [1.165, 1.54) is 32.1 Å². The van der Waals surface area contributed by atoms with Gasteiger partial charge in [0.2, 0.25) is 0 Å². The Morgan fingerprint density at radius 1 is 1.29 bits per heavy atom. The van der Waals surface area contributed by atoms with Crippen LogP contribution in [0.2, 0.25) is 0 Å². The molecule has 5 nitrogen and oxygen atoms in total. The summed E-state index contributed by atoms with van der Waals surface area (Å²) in [5.41, 5.74) is 0. The van der Waals surface area contributed by atoms with Crippen LogP contribution in [0.25, 0.3) is 0 Å². The van der Waals surface area contributed by atoms with Gasteiger partial charge in [-0.25, -0.2) is 4.68 Å². The molecule has 0 radical (unpaired) electrons. The molecule has 2 fully saturated rings. The summed E-state index contributed by atoms with van der Waals surface area (Å²) >= 11 is 0. The van der Waals surface area contributed by atoms with Crippen molar-refractivity contribution in [3.63, 3.8) is 0 Å². The second-order valence-electron chi connectivity index (χ2n) is 5.60. The first kappa shape index (κ1) is 11.1. The lowest BCUT2D eigenvalue weighted by Crippen LogP contribution is -2.22. The van der Waals surface area contributed by atoms with Gasteiger partial charge in [-0.05, 0) is 41.5 Å². The molecule has 2 saturated carbocycles. The van der Waals surface area contributed by atoms with E-state index in [2.05, 4.69) is 27.8 Å².